The Morgan fingerprint density at radius 2 is 1.75 bits per heavy atom. The molecule has 1 aliphatic heterocycles. The van der Waals surface area contributed by atoms with Crippen molar-refractivity contribution in [2.45, 2.75) is 12.8 Å². The van der Waals surface area contributed by atoms with Gasteiger partial charge >= 0.3 is 0 Å². The quantitative estimate of drug-likeness (QED) is 0.921. The molecule has 0 bridgehead atoms. The molecule has 0 amide bonds. The van der Waals surface area contributed by atoms with E-state index < -0.39 is 0 Å². The van der Waals surface area contributed by atoms with E-state index in [4.69, 9.17) is 9.47 Å². The van der Waals surface area contributed by atoms with Crippen LogP contribution in [0.25, 0.3) is 11.1 Å². The van der Waals surface area contributed by atoms with Gasteiger partial charge in [-0.2, -0.15) is 0 Å². The maximum atomic E-state index is 5.37. The minimum atomic E-state index is 0.820. The summed E-state index contributed by atoms with van der Waals surface area (Å²) in [6.07, 6.45) is 2.28. The first-order valence-corrected chi connectivity index (χ1v) is 6.91. The zero-order valence-electron chi connectivity index (χ0n) is 11.9. The zero-order valence-corrected chi connectivity index (χ0v) is 11.9. The third-order valence-electron chi connectivity index (χ3n) is 3.76. The molecule has 3 nitrogen and oxygen atoms in total. The highest BCUT2D eigenvalue weighted by Crippen LogP contribution is 2.36. The van der Waals surface area contributed by atoms with Crippen molar-refractivity contribution in [3.05, 3.63) is 42.0 Å². The molecule has 1 aliphatic rings. The normalized spacial score (nSPS) is 13.3. The molecular weight excluding hydrogens is 250 g/mol. The molecule has 3 heteroatoms. The highest BCUT2D eigenvalue weighted by Gasteiger charge is 2.14. The van der Waals surface area contributed by atoms with E-state index >= 15 is 0 Å². The summed E-state index contributed by atoms with van der Waals surface area (Å²) in [4.78, 5) is 0. The Labute approximate surface area is 119 Å². The van der Waals surface area contributed by atoms with Gasteiger partial charge in [0.1, 0.15) is 11.5 Å². The summed E-state index contributed by atoms with van der Waals surface area (Å²) in [5, 5.41) is 3.47. The highest BCUT2D eigenvalue weighted by molar-refractivity contribution is 5.76. The lowest BCUT2D eigenvalue weighted by molar-refractivity contribution is 0.394. The van der Waals surface area contributed by atoms with Crippen molar-refractivity contribution < 1.29 is 9.47 Å². The van der Waals surface area contributed by atoms with E-state index in [0.717, 1.165) is 30.0 Å². The lowest BCUT2D eigenvalue weighted by atomic mass is 9.93. The van der Waals surface area contributed by atoms with Crippen LogP contribution < -0.4 is 14.8 Å². The van der Waals surface area contributed by atoms with Crippen LogP contribution in [0, 0.1) is 0 Å². The molecule has 0 aliphatic carbocycles. The first kappa shape index (κ1) is 12.9. The number of rotatable bonds is 3. The summed E-state index contributed by atoms with van der Waals surface area (Å²) in [6, 6.07) is 12.4. The van der Waals surface area contributed by atoms with Crippen LogP contribution in [-0.4, -0.2) is 20.8 Å². The summed E-state index contributed by atoms with van der Waals surface area (Å²) >= 11 is 0. The van der Waals surface area contributed by atoms with Crippen molar-refractivity contribution in [1.82, 2.24) is 0 Å². The average Bonchev–Trinajstić information content (AvgIpc) is 2.53. The lowest BCUT2D eigenvalue weighted by Crippen LogP contribution is -2.12. The molecular formula is C17H19NO2. The van der Waals surface area contributed by atoms with Crippen molar-refractivity contribution in [3.8, 4) is 22.6 Å². The van der Waals surface area contributed by atoms with Crippen LogP contribution in [-0.2, 0) is 6.42 Å². The fraction of sp³-hybridized carbons (Fsp3) is 0.294. The lowest BCUT2D eigenvalue weighted by Gasteiger charge is -2.21. The number of methoxy groups -OCH3 is 2. The van der Waals surface area contributed by atoms with Gasteiger partial charge in [0.05, 0.1) is 14.2 Å². The average molecular weight is 269 g/mol. The van der Waals surface area contributed by atoms with Gasteiger partial charge in [0.2, 0.25) is 0 Å². The van der Waals surface area contributed by atoms with E-state index in [1.807, 2.05) is 6.07 Å². The smallest absolute Gasteiger partial charge is 0.123 e. The summed E-state index contributed by atoms with van der Waals surface area (Å²) in [6.45, 7) is 1.05. The van der Waals surface area contributed by atoms with Crippen molar-refractivity contribution in [2.24, 2.45) is 0 Å². The van der Waals surface area contributed by atoms with Gasteiger partial charge in [-0.15, -0.1) is 0 Å². The van der Waals surface area contributed by atoms with Gasteiger partial charge in [0.15, 0.2) is 0 Å². The van der Waals surface area contributed by atoms with Crippen LogP contribution in [0.4, 0.5) is 5.69 Å². The van der Waals surface area contributed by atoms with E-state index in [-0.39, 0.29) is 0 Å². The molecule has 2 aromatic rings. The topological polar surface area (TPSA) is 30.5 Å². The summed E-state index contributed by atoms with van der Waals surface area (Å²) in [5.41, 5.74) is 5.03. The molecule has 0 fully saturated rings. The molecule has 0 radical (unpaired) electrons. The number of hydrogen-bond acceptors (Lipinski definition) is 3. The van der Waals surface area contributed by atoms with Gasteiger partial charge in [-0.3, -0.25) is 0 Å². The van der Waals surface area contributed by atoms with E-state index in [0.29, 0.717) is 0 Å². The zero-order chi connectivity index (χ0) is 13.9. The molecule has 1 heterocycles. The Kier molecular flexibility index (Phi) is 3.50. The largest absolute Gasteiger partial charge is 0.497 e. The summed E-state index contributed by atoms with van der Waals surface area (Å²) < 4.78 is 10.7. The second kappa shape index (κ2) is 5.45. The Hall–Kier alpha value is -2.16. The number of fused-ring (bicyclic) bond motifs is 1. The van der Waals surface area contributed by atoms with Crippen LogP contribution in [0.2, 0.25) is 0 Å². The van der Waals surface area contributed by atoms with Crippen LogP contribution >= 0.6 is 0 Å². The van der Waals surface area contributed by atoms with Crippen LogP contribution in [0.5, 0.6) is 11.5 Å². The molecule has 2 aromatic carbocycles. The minimum Gasteiger partial charge on any atom is -0.497 e. The third-order valence-corrected chi connectivity index (χ3v) is 3.76. The monoisotopic (exact) mass is 269 g/mol. The van der Waals surface area contributed by atoms with Crippen LogP contribution in [0.3, 0.4) is 0 Å². The van der Waals surface area contributed by atoms with Crippen LogP contribution in [0.15, 0.2) is 36.4 Å². The first-order chi connectivity index (χ1) is 9.81. The molecule has 0 saturated heterocycles. The molecule has 20 heavy (non-hydrogen) atoms. The molecule has 0 unspecified atom stereocenters. The maximum Gasteiger partial charge on any atom is 0.123 e. The number of nitrogens with one attached hydrogen (secondary N) is 1. The van der Waals surface area contributed by atoms with Gasteiger partial charge in [-0.1, -0.05) is 12.1 Å². The van der Waals surface area contributed by atoms with Crippen molar-refractivity contribution >= 4 is 5.69 Å². The van der Waals surface area contributed by atoms with Gasteiger partial charge < -0.3 is 14.8 Å². The first-order valence-electron chi connectivity index (χ1n) is 6.91. The second-order valence-electron chi connectivity index (χ2n) is 4.96. The predicted molar refractivity (Wildman–Crippen MR) is 81.8 cm³/mol. The Morgan fingerprint density at radius 3 is 2.45 bits per heavy atom. The second-order valence-corrected chi connectivity index (χ2v) is 4.96. The molecule has 0 atom stereocenters. The standard InChI is InChI=1S/C17H19NO2/c1-19-13-9-12(10-14(11-13)20-2)15-5-3-7-17-16(15)6-4-8-18-17/h3,5,7,9-11,18H,4,6,8H2,1-2H3. The number of hydrogen-bond donors (Lipinski definition) is 1. The Bertz CT molecular complexity index is 600. The molecule has 0 spiro atoms. The molecule has 0 saturated carbocycles. The highest BCUT2D eigenvalue weighted by atomic mass is 16.5. The predicted octanol–water partition coefficient (Wildman–Crippen LogP) is 3.73. The van der Waals surface area contributed by atoms with Crippen LogP contribution in [0.1, 0.15) is 12.0 Å². The number of benzene rings is 2. The molecule has 1 N–H and O–H groups in total. The fourth-order valence-corrected chi connectivity index (χ4v) is 2.74. The van der Waals surface area contributed by atoms with E-state index in [1.54, 1.807) is 14.2 Å². The van der Waals surface area contributed by atoms with E-state index in [1.165, 1.54) is 23.2 Å². The third kappa shape index (κ3) is 2.31. The maximum absolute atomic E-state index is 5.37. The summed E-state index contributed by atoms with van der Waals surface area (Å²) in [5.74, 6) is 1.64. The van der Waals surface area contributed by atoms with Crippen molar-refractivity contribution in [1.29, 1.82) is 0 Å². The molecule has 0 aromatic heterocycles. The van der Waals surface area contributed by atoms with Crippen molar-refractivity contribution in [3.63, 3.8) is 0 Å². The van der Waals surface area contributed by atoms with E-state index in [9.17, 15) is 0 Å². The van der Waals surface area contributed by atoms with Gasteiger partial charge in [-0.05, 0) is 47.7 Å². The molecule has 104 valence electrons. The Morgan fingerprint density at radius 1 is 1.00 bits per heavy atom. The number of ether oxygens (including phenoxy) is 2. The Balaban J connectivity index is 2.13. The SMILES string of the molecule is COc1cc(OC)cc(-c2cccc3c2CCCN3)c1. The van der Waals surface area contributed by atoms with Crippen molar-refractivity contribution in [2.75, 3.05) is 26.1 Å². The van der Waals surface area contributed by atoms with E-state index in [2.05, 4.69) is 35.6 Å². The van der Waals surface area contributed by atoms with Gasteiger partial charge in [-0.25, -0.2) is 0 Å². The summed E-state index contributed by atoms with van der Waals surface area (Å²) in [7, 11) is 3.36. The van der Waals surface area contributed by atoms with Gasteiger partial charge in [0.25, 0.3) is 0 Å². The minimum absolute atomic E-state index is 0.820. The molecule has 3 rings (SSSR count). The van der Waals surface area contributed by atoms with Gasteiger partial charge in [0, 0.05) is 18.3 Å². The fourth-order valence-electron chi connectivity index (χ4n) is 2.74. The number of anilines is 1.